The van der Waals surface area contributed by atoms with E-state index in [2.05, 4.69) is 10.2 Å². The SMILES string of the molecule is O=C1N=NC(=O)N1c1ccc(CO)cc1. The van der Waals surface area contributed by atoms with Crippen LogP contribution < -0.4 is 4.90 Å². The monoisotopic (exact) mass is 205 g/mol. The lowest BCUT2D eigenvalue weighted by Crippen LogP contribution is -2.27. The van der Waals surface area contributed by atoms with Gasteiger partial charge in [-0.3, -0.25) is 0 Å². The molecule has 6 nitrogen and oxygen atoms in total. The summed E-state index contributed by atoms with van der Waals surface area (Å²) >= 11 is 0. The summed E-state index contributed by atoms with van der Waals surface area (Å²) in [6.07, 6.45) is 0. The number of anilines is 1. The number of carbonyl (C=O) groups is 2. The van der Waals surface area contributed by atoms with Crippen LogP contribution in [0.3, 0.4) is 0 Å². The molecule has 0 bridgehead atoms. The minimum Gasteiger partial charge on any atom is -0.392 e. The van der Waals surface area contributed by atoms with Crippen molar-refractivity contribution in [1.29, 1.82) is 0 Å². The Morgan fingerprint density at radius 1 is 1.07 bits per heavy atom. The van der Waals surface area contributed by atoms with Crippen LogP contribution in [0.4, 0.5) is 15.3 Å². The molecule has 0 saturated carbocycles. The van der Waals surface area contributed by atoms with Crippen LogP contribution in [0.15, 0.2) is 34.5 Å². The average molecular weight is 205 g/mol. The van der Waals surface area contributed by atoms with Crippen LogP contribution >= 0.6 is 0 Å². The summed E-state index contributed by atoms with van der Waals surface area (Å²) in [6, 6.07) is 4.95. The second kappa shape index (κ2) is 3.58. The second-order valence-corrected chi connectivity index (χ2v) is 2.93. The van der Waals surface area contributed by atoms with Crippen molar-refractivity contribution in [3.63, 3.8) is 0 Å². The van der Waals surface area contributed by atoms with E-state index in [4.69, 9.17) is 5.11 Å². The van der Waals surface area contributed by atoms with E-state index in [1.807, 2.05) is 0 Å². The standard InChI is InChI=1S/C9H7N3O3/c13-5-6-1-3-7(4-2-6)12-8(14)10-11-9(12)15/h1-4,13H,5H2. The van der Waals surface area contributed by atoms with E-state index in [-0.39, 0.29) is 6.61 Å². The third-order valence-corrected chi connectivity index (χ3v) is 1.98. The van der Waals surface area contributed by atoms with Gasteiger partial charge in [0.05, 0.1) is 12.3 Å². The van der Waals surface area contributed by atoms with Crippen molar-refractivity contribution in [3.05, 3.63) is 29.8 Å². The molecular weight excluding hydrogens is 198 g/mol. The first-order chi connectivity index (χ1) is 7.22. The predicted octanol–water partition coefficient (Wildman–Crippen LogP) is 1.69. The van der Waals surface area contributed by atoms with Crippen LogP contribution in [0.1, 0.15) is 5.56 Å². The predicted molar refractivity (Wildman–Crippen MR) is 50.5 cm³/mol. The molecule has 0 aromatic heterocycles. The number of hydrogen-bond donors (Lipinski definition) is 1. The highest BCUT2D eigenvalue weighted by Crippen LogP contribution is 2.20. The molecule has 6 heteroatoms. The van der Waals surface area contributed by atoms with Gasteiger partial charge in [0.1, 0.15) is 0 Å². The summed E-state index contributed by atoms with van der Waals surface area (Å²) in [7, 11) is 0. The summed E-state index contributed by atoms with van der Waals surface area (Å²) in [4.78, 5) is 23.1. The molecule has 76 valence electrons. The first kappa shape index (κ1) is 9.47. The molecule has 1 heterocycles. The maximum atomic E-state index is 11.1. The number of urea groups is 2. The summed E-state index contributed by atoms with van der Waals surface area (Å²) in [5.74, 6) is 0. The zero-order valence-corrected chi connectivity index (χ0v) is 7.62. The maximum Gasteiger partial charge on any atom is 0.375 e. The van der Waals surface area contributed by atoms with Gasteiger partial charge in [-0.05, 0) is 17.7 Å². The van der Waals surface area contributed by atoms with Crippen molar-refractivity contribution < 1.29 is 14.7 Å². The molecule has 1 aromatic carbocycles. The van der Waals surface area contributed by atoms with Crippen molar-refractivity contribution in [1.82, 2.24) is 0 Å². The van der Waals surface area contributed by atoms with Crippen LogP contribution in [0.25, 0.3) is 0 Å². The highest BCUT2D eigenvalue weighted by atomic mass is 16.3. The van der Waals surface area contributed by atoms with Crippen molar-refractivity contribution >= 4 is 17.7 Å². The van der Waals surface area contributed by atoms with Crippen LogP contribution in [0.2, 0.25) is 0 Å². The third-order valence-electron chi connectivity index (χ3n) is 1.98. The van der Waals surface area contributed by atoms with E-state index in [1.165, 1.54) is 0 Å². The molecule has 1 aromatic rings. The van der Waals surface area contributed by atoms with Crippen LogP contribution in [0.5, 0.6) is 0 Å². The van der Waals surface area contributed by atoms with E-state index in [1.54, 1.807) is 24.3 Å². The lowest BCUT2D eigenvalue weighted by molar-refractivity contribution is 0.249. The Bertz CT molecular complexity index is 420. The minimum atomic E-state index is -0.697. The normalized spacial score (nSPS) is 15.1. The number of imide groups is 1. The molecular formula is C9H7N3O3. The van der Waals surface area contributed by atoms with Crippen molar-refractivity contribution in [3.8, 4) is 0 Å². The van der Waals surface area contributed by atoms with E-state index in [0.29, 0.717) is 11.3 Å². The molecule has 0 saturated heterocycles. The van der Waals surface area contributed by atoms with Gasteiger partial charge in [0.15, 0.2) is 0 Å². The molecule has 4 amide bonds. The second-order valence-electron chi connectivity index (χ2n) is 2.93. The van der Waals surface area contributed by atoms with Crippen molar-refractivity contribution in [2.45, 2.75) is 6.61 Å². The summed E-state index contributed by atoms with van der Waals surface area (Å²) in [5, 5.41) is 15.1. The number of hydrogen-bond acceptors (Lipinski definition) is 3. The number of benzene rings is 1. The molecule has 0 unspecified atom stereocenters. The van der Waals surface area contributed by atoms with Crippen molar-refractivity contribution in [2.75, 3.05) is 4.90 Å². The quantitative estimate of drug-likeness (QED) is 0.797. The first-order valence-corrected chi connectivity index (χ1v) is 4.22. The molecule has 0 atom stereocenters. The third kappa shape index (κ3) is 1.62. The summed E-state index contributed by atoms with van der Waals surface area (Å²) < 4.78 is 0. The fourth-order valence-electron chi connectivity index (χ4n) is 1.23. The number of carbonyl (C=O) groups excluding carboxylic acids is 2. The highest BCUT2D eigenvalue weighted by Gasteiger charge is 2.28. The Morgan fingerprint density at radius 3 is 2.07 bits per heavy atom. The molecule has 15 heavy (non-hydrogen) atoms. The smallest absolute Gasteiger partial charge is 0.375 e. The van der Waals surface area contributed by atoms with Gasteiger partial charge in [-0.25, -0.2) is 14.5 Å². The molecule has 0 spiro atoms. The van der Waals surface area contributed by atoms with Gasteiger partial charge < -0.3 is 5.11 Å². The topological polar surface area (TPSA) is 82.3 Å². The van der Waals surface area contributed by atoms with E-state index in [9.17, 15) is 9.59 Å². The summed E-state index contributed by atoms with van der Waals surface area (Å²) in [6.45, 7) is -0.0864. The molecule has 0 fully saturated rings. The van der Waals surface area contributed by atoms with Gasteiger partial charge in [0, 0.05) is 0 Å². The highest BCUT2D eigenvalue weighted by molar-refractivity contribution is 6.17. The van der Waals surface area contributed by atoms with Gasteiger partial charge in [0.25, 0.3) is 0 Å². The van der Waals surface area contributed by atoms with Gasteiger partial charge >= 0.3 is 12.1 Å². The molecule has 0 aliphatic carbocycles. The van der Waals surface area contributed by atoms with Crippen LogP contribution in [-0.4, -0.2) is 17.2 Å². The number of amides is 4. The molecule has 1 aliphatic rings. The zero-order chi connectivity index (χ0) is 10.8. The van der Waals surface area contributed by atoms with Crippen LogP contribution in [-0.2, 0) is 6.61 Å². The Kier molecular flexibility index (Phi) is 2.26. The average Bonchev–Trinajstić information content (AvgIpc) is 2.59. The number of nitrogens with zero attached hydrogens (tertiary/aromatic N) is 3. The van der Waals surface area contributed by atoms with Crippen LogP contribution in [0, 0.1) is 0 Å². The van der Waals surface area contributed by atoms with Gasteiger partial charge in [0.2, 0.25) is 0 Å². The lowest BCUT2D eigenvalue weighted by atomic mass is 10.2. The fourth-order valence-corrected chi connectivity index (χ4v) is 1.23. The number of rotatable bonds is 2. The molecule has 1 aliphatic heterocycles. The Hall–Kier alpha value is -2.08. The fraction of sp³-hybridized carbons (Fsp3) is 0.111. The zero-order valence-electron chi connectivity index (χ0n) is 7.62. The van der Waals surface area contributed by atoms with Gasteiger partial charge in [-0.2, -0.15) is 0 Å². The van der Waals surface area contributed by atoms with E-state index < -0.39 is 12.1 Å². The maximum absolute atomic E-state index is 11.1. The molecule has 1 N–H and O–H groups in total. The van der Waals surface area contributed by atoms with Gasteiger partial charge in [-0.1, -0.05) is 22.4 Å². The first-order valence-electron chi connectivity index (χ1n) is 4.22. The number of aliphatic hydroxyl groups excluding tert-OH is 1. The molecule has 2 rings (SSSR count). The van der Waals surface area contributed by atoms with Crippen molar-refractivity contribution in [2.24, 2.45) is 10.2 Å². The number of azo groups is 1. The van der Waals surface area contributed by atoms with E-state index in [0.717, 1.165) is 4.90 Å². The lowest BCUT2D eigenvalue weighted by Gasteiger charge is -2.10. The summed E-state index contributed by atoms with van der Waals surface area (Å²) in [5.41, 5.74) is 1.10. The largest absolute Gasteiger partial charge is 0.392 e. The molecule has 0 radical (unpaired) electrons. The minimum absolute atomic E-state index is 0.0864. The Morgan fingerprint density at radius 2 is 1.60 bits per heavy atom. The Balaban J connectivity index is 2.30. The Labute approximate surface area is 84.8 Å². The number of aliphatic hydroxyl groups is 1. The van der Waals surface area contributed by atoms with E-state index >= 15 is 0 Å². The van der Waals surface area contributed by atoms with Gasteiger partial charge in [-0.15, -0.1) is 0 Å².